The van der Waals surface area contributed by atoms with Gasteiger partial charge in [-0.05, 0) is 50.1 Å². The lowest BCUT2D eigenvalue weighted by Gasteiger charge is -2.15. The molecule has 1 saturated carbocycles. The zero-order valence-electron chi connectivity index (χ0n) is 8.69. The lowest BCUT2D eigenvalue weighted by Crippen LogP contribution is -2.31. The molecule has 0 amide bonds. The number of rotatable bonds is 2. The van der Waals surface area contributed by atoms with Crippen LogP contribution in [0.3, 0.4) is 0 Å². The summed E-state index contributed by atoms with van der Waals surface area (Å²) in [6, 6.07) is 0. The Balaban J connectivity index is 2.70. The maximum Gasteiger partial charge on any atom is 0.184 e. The molecule has 1 aliphatic rings. The number of thiocarbonyl (C=S) groups is 2. The SMILES string of the molecule is NC(=S)N/N=C1/CCCC/C1=N/NC(N)=S. The molecule has 1 fully saturated rings. The summed E-state index contributed by atoms with van der Waals surface area (Å²) in [6.07, 6.45) is 3.83. The van der Waals surface area contributed by atoms with Gasteiger partial charge in [0.1, 0.15) is 0 Å². The van der Waals surface area contributed by atoms with Gasteiger partial charge in [-0.25, -0.2) is 0 Å². The van der Waals surface area contributed by atoms with Crippen LogP contribution in [0.25, 0.3) is 0 Å². The van der Waals surface area contributed by atoms with Crippen molar-refractivity contribution in [3.63, 3.8) is 0 Å². The maximum absolute atomic E-state index is 5.29. The molecule has 0 aromatic rings. The monoisotopic (exact) mass is 258 g/mol. The largest absolute Gasteiger partial charge is 0.375 e. The van der Waals surface area contributed by atoms with E-state index in [0.717, 1.165) is 37.1 Å². The van der Waals surface area contributed by atoms with Gasteiger partial charge >= 0.3 is 0 Å². The summed E-state index contributed by atoms with van der Waals surface area (Å²) in [5, 5.41) is 8.45. The van der Waals surface area contributed by atoms with Gasteiger partial charge in [0.15, 0.2) is 10.2 Å². The second-order valence-corrected chi connectivity index (χ2v) is 4.16. The van der Waals surface area contributed by atoms with Crippen LogP contribution in [0.15, 0.2) is 10.2 Å². The van der Waals surface area contributed by atoms with Crippen molar-refractivity contribution >= 4 is 46.1 Å². The van der Waals surface area contributed by atoms with Crippen molar-refractivity contribution in [2.24, 2.45) is 21.7 Å². The summed E-state index contributed by atoms with van der Waals surface area (Å²) >= 11 is 9.34. The van der Waals surface area contributed by atoms with E-state index in [1.807, 2.05) is 0 Å². The summed E-state index contributed by atoms with van der Waals surface area (Å²) in [5.41, 5.74) is 17.4. The van der Waals surface area contributed by atoms with Crippen molar-refractivity contribution in [2.45, 2.75) is 25.7 Å². The van der Waals surface area contributed by atoms with Crippen LogP contribution in [0.1, 0.15) is 25.7 Å². The normalized spacial score (nSPS) is 20.8. The molecule has 0 atom stereocenters. The van der Waals surface area contributed by atoms with Crippen LogP contribution in [0.5, 0.6) is 0 Å². The quantitative estimate of drug-likeness (QED) is 0.409. The second kappa shape index (κ2) is 6.33. The van der Waals surface area contributed by atoms with Crippen molar-refractivity contribution in [3.8, 4) is 0 Å². The molecule has 0 saturated heterocycles. The zero-order chi connectivity index (χ0) is 12.0. The van der Waals surface area contributed by atoms with Gasteiger partial charge in [-0.1, -0.05) is 0 Å². The lowest BCUT2D eigenvalue weighted by atomic mass is 9.96. The van der Waals surface area contributed by atoms with Crippen molar-refractivity contribution in [2.75, 3.05) is 0 Å². The van der Waals surface area contributed by atoms with Gasteiger partial charge in [-0.3, -0.25) is 10.9 Å². The number of nitrogens with one attached hydrogen (secondary N) is 2. The van der Waals surface area contributed by atoms with Crippen LogP contribution < -0.4 is 22.3 Å². The van der Waals surface area contributed by atoms with Crippen molar-refractivity contribution in [1.29, 1.82) is 0 Å². The molecule has 16 heavy (non-hydrogen) atoms. The van der Waals surface area contributed by atoms with Crippen LogP contribution in [0, 0.1) is 0 Å². The number of nitrogens with two attached hydrogens (primary N) is 2. The van der Waals surface area contributed by atoms with E-state index in [0.29, 0.717) is 0 Å². The summed E-state index contributed by atoms with van der Waals surface area (Å²) in [6.45, 7) is 0. The zero-order valence-corrected chi connectivity index (χ0v) is 10.3. The fraction of sp³-hybridized carbons (Fsp3) is 0.500. The molecule has 0 radical (unpaired) electrons. The highest BCUT2D eigenvalue weighted by Crippen LogP contribution is 2.12. The fourth-order valence-electron chi connectivity index (χ4n) is 1.36. The summed E-state index contributed by atoms with van der Waals surface area (Å²) in [4.78, 5) is 0. The molecular weight excluding hydrogens is 244 g/mol. The van der Waals surface area contributed by atoms with E-state index in [2.05, 4.69) is 45.5 Å². The molecule has 0 spiro atoms. The highest BCUT2D eigenvalue weighted by Gasteiger charge is 2.15. The summed E-state index contributed by atoms with van der Waals surface area (Å²) in [5.74, 6) is 0. The van der Waals surface area contributed by atoms with Crippen molar-refractivity contribution < 1.29 is 0 Å². The van der Waals surface area contributed by atoms with Crippen LogP contribution in [-0.4, -0.2) is 21.6 Å². The molecule has 0 aromatic carbocycles. The Morgan fingerprint density at radius 1 is 0.938 bits per heavy atom. The standard InChI is InChI=1S/C8H14N6S2/c9-7(15)13-11-5-3-1-2-4-6(5)12-14-8(10)16/h1-4H2,(H3,9,13,15)(H3,10,14,16)/b11-5-,12-6-. The Bertz CT molecular complexity index is 314. The maximum atomic E-state index is 5.29. The molecule has 0 aromatic heterocycles. The van der Waals surface area contributed by atoms with Crippen LogP contribution in [0.4, 0.5) is 0 Å². The predicted octanol–water partition coefficient (Wildman–Crippen LogP) is -0.0612. The highest BCUT2D eigenvalue weighted by atomic mass is 32.1. The van der Waals surface area contributed by atoms with E-state index in [1.54, 1.807) is 0 Å². The van der Waals surface area contributed by atoms with Gasteiger partial charge in [0.25, 0.3) is 0 Å². The van der Waals surface area contributed by atoms with Crippen molar-refractivity contribution in [1.82, 2.24) is 10.9 Å². The van der Waals surface area contributed by atoms with Crippen LogP contribution >= 0.6 is 24.4 Å². The smallest absolute Gasteiger partial charge is 0.184 e. The second-order valence-electron chi connectivity index (χ2n) is 3.28. The van der Waals surface area contributed by atoms with Crippen LogP contribution in [-0.2, 0) is 0 Å². The lowest BCUT2D eigenvalue weighted by molar-refractivity contribution is 0.765. The third-order valence-electron chi connectivity index (χ3n) is 2.01. The van der Waals surface area contributed by atoms with E-state index in [1.165, 1.54) is 0 Å². The Kier molecular flexibility index (Phi) is 5.06. The minimum Gasteiger partial charge on any atom is -0.375 e. The van der Waals surface area contributed by atoms with Gasteiger partial charge in [0, 0.05) is 0 Å². The van der Waals surface area contributed by atoms with Crippen molar-refractivity contribution in [3.05, 3.63) is 0 Å². The van der Waals surface area contributed by atoms with E-state index in [-0.39, 0.29) is 10.2 Å². The van der Waals surface area contributed by atoms with Gasteiger partial charge in [0.05, 0.1) is 11.4 Å². The first kappa shape index (κ1) is 12.8. The molecule has 0 aliphatic heterocycles. The molecule has 1 rings (SSSR count). The Hall–Kier alpha value is -1.28. The minimum absolute atomic E-state index is 0.139. The van der Waals surface area contributed by atoms with Gasteiger partial charge < -0.3 is 11.5 Å². The number of hydrazone groups is 2. The average molecular weight is 258 g/mol. The first-order chi connectivity index (χ1) is 7.59. The Morgan fingerprint density at radius 3 is 1.62 bits per heavy atom. The van der Waals surface area contributed by atoms with Gasteiger partial charge in [0.2, 0.25) is 0 Å². The third kappa shape index (κ3) is 4.49. The molecule has 0 unspecified atom stereocenters. The molecule has 6 N–H and O–H groups in total. The highest BCUT2D eigenvalue weighted by molar-refractivity contribution is 7.80. The molecule has 0 bridgehead atoms. The molecule has 0 heterocycles. The van der Waals surface area contributed by atoms with Crippen LogP contribution in [0.2, 0.25) is 0 Å². The predicted molar refractivity (Wildman–Crippen MR) is 73.2 cm³/mol. The molecule has 1 aliphatic carbocycles. The Labute approximate surface area is 105 Å². The first-order valence-electron chi connectivity index (χ1n) is 4.84. The number of hydrogen-bond acceptors (Lipinski definition) is 4. The van der Waals surface area contributed by atoms with E-state index >= 15 is 0 Å². The van der Waals surface area contributed by atoms with E-state index in [9.17, 15) is 0 Å². The van der Waals surface area contributed by atoms with Gasteiger partial charge in [-0.2, -0.15) is 10.2 Å². The fourth-order valence-corrected chi connectivity index (χ4v) is 1.45. The third-order valence-corrected chi connectivity index (χ3v) is 2.19. The molecular formula is C8H14N6S2. The Morgan fingerprint density at radius 2 is 1.31 bits per heavy atom. The topological polar surface area (TPSA) is 101 Å². The average Bonchev–Trinajstić information content (AvgIpc) is 2.24. The number of hydrogen-bond donors (Lipinski definition) is 4. The van der Waals surface area contributed by atoms with E-state index in [4.69, 9.17) is 11.5 Å². The number of nitrogens with zero attached hydrogens (tertiary/aromatic N) is 2. The molecule has 88 valence electrons. The molecule has 6 nitrogen and oxygen atoms in total. The minimum atomic E-state index is 0.139. The first-order valence-corrected chi connectivity index (χ1v) is 5.65. The summed E-state index contributed by atoms with van der Waals surface area (Å²) < 4.78 is 0. The summed E-state index contributed by atoms with van der Waals surface area (Å²) in [7, 11) is 0. The molecule has 8 heteroatoms. The van der Waals surface area contributed by atoms with E-state index < -0.39 is 0 Å². The van der Waals surface area contributed by atoms with Gasteiger partial charge in [-0.15, -0.1) is 0 Å².